The molecule has 2 heterocycles. The van der Waals surface area contributed by atoms with Gasteiger partial charge in [-0.1, -0.05) is 65.3 Å². The Hall–Kier alpha value is -2.45. The molecule has 0 radical (unpaired) electrons. The van der Waals surface area contributed by atoms with Crippen LogP contribution in [0.1, 0.15) is 38.1 Å². The maximum absolute atomic E-state index is 12.8. The van der Waals surface area contributed by atoms with Gasteiger partial charge in [0.05, 0.1) is 5.69 Å². The Kier molecular flexibility index (Phi) is 6.29. The molecule has 0 aliphatic carbocycles. The lowest BCUT2D eigenvalue weighted by molar-refractivity contribution is -0.118. The number of aryl methyl sites for hydroxylation is 1. The number of hydrogen-bond donors (Lipinski definition) is 0. The Morgan fingerprint density at radius 1 is 1.23 bits per heavy atom. The molecule has 0 saturated carbocycles. The Bertz CT molecular complexity index is 1140. The normalized spacial score (nSPS) is 15.2. The van der Waals surface area contributed by atoms with Crippen LogP contribution in [0.3, 0.4) is 0 Å². The highest BCUT2D eigenvalue weighted by atomic mass is 79.9. The molecule has 0 bridgehead atoms. The lowest BCUT2D eigenvalue weighted by atomic mass is 10.0. The quantitative estimate of drug-likeness (QED) is 0.423. The van der Waals surface area contributed by atoms with E-state index in [1.54, 1.807) is 16.7 Å². The molecule has 0 unspecified atom stereocenters. The summed E-state index contributed by atoms with van der Waals surface area (Å²) < 4.78 is 7.30. The molecule has 6 nitrogen and oxygen atoms in total. The van der Waals surface area contributed by atoms with E-state index in [1.807, 2.05) is 49.4 Å². The van der Waals surface area contributed by atoms with E-state index in [0.29, 0.717) is 22.6 Å². The number of amides is 1. The Labute approximate surface area is 194 Å². The highest BCUT2D eigenvalue weighted by molar-refractivity contribution is 9.10. The minimum absolute atomic E-state index is 0.134. The second kappa shape index (κ2) is 8.96. The standard InChI is InChI=1S/C23H23BrN4O2S/c1-13(2)12-31-23-25-21-20(26-27-23)18-10-14(3)8-9-19(18)28(15(4)29)22(30-21)16-6-5-7-17(24)11-16/h5-11,13,22H,12H2,1-4H3/t22-/m0/s1. The molecular weight excluding hydrogens is 476 g/mol. The predicted octanol–water partition coefficient (Wildman–Crippen LogP) is 5.80. The van der Waals surface area contributed by atoms with E-state index in [2.05, 4.69) is 45.0 Å². The number of benzene rings is 2. The van der Waals surface area contributed by atoms with E-state index in [9.17, 15) is 4.79 Å². The van der Waals surface area contributed by atoms with Crippen molar-refractivity contribution in [3.63, 3.8) is 0 Å². The van der Waals surface area contributed by atoms with Gasteiger partial charge in [0.1, 0.15) is 0 Å². The largest absolute Gasteiger partial charge is 0.447 e. The molecule has 1 aromatic heterocycles. The van der Waals surface area contributed by atoms with Crippen LogP contribution in [0.2, 0.25) is 0 Å². The number of anilines is 1. The van der Waals surface area contributed by atoms with E-state index in [4.69, 9.17) is 4.74 Å². The van der Waals surface area contributed by atoms with Gasteiger partial charge < -0.3 is 4.74 Å². The molecule has 8 heteroatoms. The lowest BCUT2D eigenvalue weighted by Crippen LogP contribution is -2.36. The van der Waals surface area contributed by atoms with Crippen molar-refractivity contribution in [2.45, 2.75) is 39.1 Å². The average Bonchev–Trinajstić information content (AvgIpc) is 2.86. The van der Waals surface area contributed by atoms with Crippen molar-refractivity contribution in [2.24, 2.45) is 5.92 Å². The number of nitrogens with zero attached hydrogens (tertiary/aromatic N) is 4. The van der Waals surface area contributed by atoms with Gasteiger partial charge in [-0.15, -0.1) is 10.2 Å². The molecule has 1 atom stereocenters. The van der Waals surface area contributed by atoms with E-state index in [0.717, 1.165) is 32.6 Å². The van der Waals surface area contributed by atoms with Crippen LogP contribution >= 0.6 is 27.7 Å². The fourth-order valence-corrected chi connectivity index (χ4v) is 4.54. The van der Waals surface area contributed by atoms with Crippen LogP contribution in [0.15, 0.2) is 52.1 Å². The third-order valence-corrected chi connectivity index (χ3v) is 6.54. The van der Waals surface area contributed by atoms with E-state index < -0.39 is 6.23 Å². The monoisotopic (exact) mass is 498 g/mol. The predicted molar refractivity (Wildman–Crippen MR) is 126 cm³/mol. The summed E-state index contributed by atoms with van der Waals surface area (Å²) in [5.41, 5.74) is 3.92. The Morgan fingerprint density at radius 3 is 2.74 bits per heavy atom. The molecule has 2 aromatic carbocycles. The first kappa shape index (κ1) is 21.8. The molecule has 4 rings (SSSR count). The molecule has 31 heavy (non-hydrogen) atoms. The fourth-order valence-electron chi connectivity index (χ4n) is 3.40. The van der Waals surface area contributed by atoms with Crippen LogP contribution < -0.4 is 9.64 Å². The third kappa shape index (κ3) is 4.60. The maximum Gasteiger partial charge on any atom is 0.247 e. The zero-order valence-electron chi connectivity index (χ0n) is 17.8. The number of aromatic nitrogens is 3. The zero-order valence-corrected chi connectivity index (χ0v) is 20.2. The van der Waals surface area contributed by atoms with E-state index in [-0.39, 0.29) is 5.91 Å². The van der Waals surface area contributed by atoms with Crippen molar-refractivity contribution in [3.05, 3.63) is 58.1 Å². The number of rotatable bonds is 4. The summed E-state index contributed by atoms with van der Waals surface area (Å²) in [6, 6.07) is 13.6. The molecule has 1 aliphatic heterocycles. The van der Waals surface area contributed by atoms with Crippen LogP contribution in [-0.2, 0) is 4.79 Å². The molecule has 0 spiro atoms. The fraction of sp³-hybridized carbons (Fsp3) is 0.304. The molecule has 1 aliphatic rings. The number of fused-ring (bicyclic) bond motifs is 3. The van der Waals surface area contributed by atoms with Gasteiger partial charge in [0.25, 0.3) is 0 Å². The summed E-state index contributed by atoms with van der Waals surface area (Å²) in [4.78, 5) is 19.2. The smallest absolute Gasteiger partial charge is 0.247 e. The minimum atomic E-state index is -0.683. The lowest BCUT2D eigenvalue weighted by Gasteiger charge is -2.30. The summed E-state index contributed by atoms with van der Waals surface area (Å²) in [5, 5.41) is 9.36. The van der Waals surface area contributed by atoms with Crippen molar-refractivity contribution in [2.75, 3.05) is 10.7 Å². The van der Waals surface area contributed by atoms with Crippen molar-refractivity contribution < 1.29 is 9.53 Å². The molecule has 0 fully saturated rings. The summed E-state index contributed by atoms with van der Waals surface area (Å²) in [6.07, 6.45) is -0.683. The van der Waals surface area contributed by atoms with E-state index >= 15 is 0 Å². The van der Waals surface area contributed by atoms with Crippen LogP contribution in [-0.4, -0.2) is 26.8 Å². The highest BCUT2D eigenvalue weighted by Gasteiger charge is 2.34. The summed E-state index contributed by atoms with van der Waals surface area (Å²) >= 11 is 5.07. The van der Waals surface area contributed by atoms with Gasteiger partial charge in [0.15, 0.2) is 5.69 Å². The Morgan fingerprint density at radius 2 is 2.03 bits per heavy atom. The number of carbonyl (C=O) groups excluding carboxylic acids is 1. The van der Waals surface area contributed by atoms with Crippen molar-refractivity contribution in [1.82, 2.24) is 15.2 Å². The molecule has 0 N–H and O–H groups in total. The van der Waals surface area contributed by atoms with Gasteiger partial charge >= 0.3 is 0 Å². The van der Waals surface area contributed by atoms with Crippen molar-refractivity contribution in [3.8, 4) is 17.1 Å². The number of halogens is 1. The van der Waals surface area contributed by atoms with Gasteiger partial charge in [-0.25, -0.2) is 0 Å². The van der Waals surface area contributed by atoms with Crippen molar-refractivity contribution in [1.29, 1.82) is 0 Å². The van der Waals surface area contributed by atoms with Crippen LogP contribution in [0.4, 0.5) is 5.69 Å². The second-order valence-corrected chi connectivity index (χ2v) is 9.79. The first-order chi connectivity index (χ1) is 14.8. The summed E-state index contributed by atoms with van der Waals surface area (Å²) in [5.74, 6) is 1.62. The molecule has 3 aromatic rings. The average molecular weight is 499 g/mol. The number of carbonyl (C=O) groups is 1. The van der Waals surface area contributed by atoms with Gasteiger partial charge in [-0.2, -0.15) is 4.98 Å². The van der Waals surface area contributed by atoms with Crippen LogP contribution in [0.25, 0.3) is 11.3 Å². The van der Waals surface area contributed by atoms with E-state index in [1.165, 1.54) is 6.92 Å². The van der Waals surface area contributed by atoms with Gasteiger partial charge in [-0.3, -0.25) is 9.69 Å². The first-order valence-corrected chi connectivity index (χ1v) is 11.8. The van der Waals surface area contributed by atoms with Gasteiger partial charge in [-0.05, 0) is 37.1 Å². The first-order valence-electron chi connectivity index (χ1n) is 10.0. The summed E-state index contributed by atoms with van der Waals surface area (Å²) in [7, 11) is 0. The Balaban J connectivity index is 1.91. The van der Waals surface area contributed by atoms with Gasteiger partial charge in [0.2, 0.25) is 23.2 Å². The second-order valence-electron chi connectivity index (χ2n) is 7.89. The molecular formula is C23H23BrN4O2S. The van der Waals surface area contributed by atoms with Crippen molar-refractivity contribution >= 4 is 39.3 Å². The van der Waals surface area contributed by atoms with Crippen LogP contribution in [0.5, 0.6) is 5.88 Å². The molecule has 0 saturated heterocycles. The minimum Gasteiger partial charge on any atom is -0.447 e. The highest BCUT2D eigenvalue weighted by Crippen LogP contribution is 2.44. The number of hydrogen-bond acceptors (Lipinski definition) is 6. The number of thioether (sulfide) groups is 1. The maximum atomic E-state index is 12.8. The topological polar surface area (TPSA) is 68.2 Å². The molecule has 1 amide bonds. The third-order valence-electron chi connectivity index (χ3n) is 4.78. The zero-order chi connectivity index (χ0) is 22.1. The number of ether oxygens (including phenoxy) is 1. The van der Waals surface area contributed by atoms with Gasteiger partial charge in [0, 0.05) is 28.3 Å². The summed E-state index contributed by atoms with van der Waals surface area (Å²) in [6.45, 7) is 7.83. The SMILES string of the molecule is CC(=O)N1c2ccc(C)cc2-c2nnc(SCC(C)C)nc2O[C@H]1c1cccc(Br)c1. The van der Waals surface area contributed by atoms with Crippen LogP contribution in [0, 0.1) is 12.8 Å². The molecule has 160 valence electrons.